The van der Waals surface area contributed by atoms with Crippen molar-refractivity contribution in [3.8, 4) is 11.4 Å². The molecule has 2 aromatic heterocycles. The Kier molecular flexibility index (Phi) is 5.51. The zero-order valence-electron chi connectivity index (χ0n) is 17.1. The molecule has 2 aromatic carbocycles. The number of rotatable bonds is 4. The minimum atomic E-state index is -4.54. The fraction of sp³-hybridized carbons (Fsp3) is 0.227. The molecule has 1 amide bonds. The van der Waals surface area contributed by atoms with E-state index in [9.17, 15) is 18.0 Å². The SMILES string of the molecule is O=C(Nc1nccs1)c1cc(N2CCOCC2)cc2[nH]c(-c3ccccc3C(F)(F)F)nc12. The molecule has 1 aliphatic heterocycles. The number of carbonyl (C=O) groups excluding carboxylic acids is 1. The van der Waals surface area contributed by atoms with Gasteiger partial charge in [-0.25, -0.2) is 9.97 Å². The second-order valence-electron chi connectivity index (χ2n) is 7.41. The highest BCUT2D eigenvalue weighted by Crippen LogP contribution is 2.37. The minimum absolute atomic E-state index is 0.0420. The molecule has 1 fully saturated rings. The average Bonchev–Trinajstić information content (AvgIpc) is 3.48. The molecule has 7 nitrogen and oxygen atoms in total. The van der Waals surface area contributed by atoms with Gasteiger partial charge < -0.3 is 14.6 Å². The first-order valence-electron chi connectivity index (χ1n) is 10.1. The topological polar surface area (TPSA) is 83.1 Å². The molecule has 0 spiro atoms. The molecular weight excluding hydrogens is 455 g/mol. The van der Waals surface area contributed by atoms with Gasteiger partial charge in [-0.05, 0) is 18.2 Å². The summed E-state index contributed by atoms with van der Waals surface area (Å²) >= 11 is 1.27. The van der Waals surface area contributed by atoms with Crippen LogP contribution in [0.2, 0.25) is 0 Å². The van der Waals surface area contributed by atoms with Crippen molar-refractivity contribution in [3.05, 3.63) is 59.1 Å². The molecule has 4 aromatic rings. The smallest absolute Gasteiger partial charge is 0.378 e. The number of halogens is 3. The molecule has 0 radical (unpaired) electrons. The van der Waals surface area contributed by atoms with Crippen molar-refractivity contribution in [2.75, 3.05) is 36.5 Å². The molecule has 5 rings (SSSR count). The number of hydrogen-bond donors (Lipinski definition) is 2. The summed E-state index contributed by atoms with van der Waals surface area (Å²) < 4.78 is 46.2. The van der Waals surface area contributed by atoms with Crippen LogP contribution in [0.15, 0.2) is 48.0 Å². The molecular formula is C22H18F3N5O2S. The molecule has 0 aliphatic carbocycles. The molecule has 0 saturated carbocycles. The van der Waals surface area contributed by atoms with Gasteiger partial charge in [0.2, 0.25) is 0 Å². The third-order valence-electron chi connectivity index (χ3n) is 5.33. The van der Waals surface area contributed by atoms with Crippen LogP contribution in [0, 0.1) is 0 Å². The number of carbonyl (C=O) groups is 1. The van der Waals surface area contributed by atoms with Gasteiger partial charge in [-0.2, -0.15) is 13.2 Å². The van der Waals surface area contributed by atoms with Crippen molar-refractivity contribution in [2.24, 2.45) is 0 Å². The number of H-pyrrole nitrogens is 1. The Labute approximate surface area is 190 Å². The quantitative estimate of drug-likeness (QED) is 0.445. The van der Waals surface area contributed by atoms with Gasteiger partial charge >= 0.3 is 6.18 Å². The molecule has 11 heteroatoms. The molecule has 1 saturated heterocycles. The summed E-state index contributed by atoms with van der Waals surface area (Å²) in [7, 11) is 0. The predicted molar refractivity (Wildman–Crippen MR) is 120 cm³/mol. The maximum atomic E-state index is 13.6. The van der Waals surface area contributed by atoms with Crippen LogP contribution >= 0.6 is 11.3 Å². The Morgan fingerprint density at radius 2 is 1.97 bits per heavy atom. The number of nitrogens with zero attached hydrogens (tertiary/aromatic N) is 3. The largest absolute Gasteiger partial charge is 0.417 e. The number of anilines is 2. The van der Waals surface area contributed by atoms with Gasteiger partial charge in [-0.1, -0.05) is 18.2 Å². The Balaban J connectivity index is 1.64. The monoisotopic (exact) mass is 473 g/mol. The van der Waals surface area contributed by atoms with Crippen LogP contribution < -0.4 is 10.2 Å². The second-order valence-corrected chi connectivity index (χ2v) is 8.30. The zero-order valence-corrected chi connectivity index (χ0v) is 18.0. The van der Waals surface area contributed by atoms with E-state index in [1.807, 2.05) is 0 Å². The van der Waals surface area contributed by atoms with Crippen molar-refractivity contribution >= 4 is 39.1 Å². The summed E-state index contributed by atoms with van der Waals surface area (Å²) in [6, 6.07) is 8.73. The summed E-state index contributed by atoms with van der Waals surface area (Å²) in [6.45, 7) is 2.37. The van der Waals surface area contributed by atoms with Crippen molar-refractivity contribution < 1.29 is 22.7 Å². The summed E-state index contributed by atoms with van der Waals surface area (Å²) in [4.78, 5) is 26.7. The summed E-state index contributed by atoms with van der Waals surface area (Å²) in [5.41, 5.74) is 0.875. The van der Waals surface area contributed by atoms with Crippen LogP contribution in [0.3, 0.4) is 0 Å². The van der Waals surface area contributed by atoms with Crippen molar-refractivity contribution in [1.82, 2.24) is 15.0 Å². The number of amides is 1. The number of benzene rings is 2. The van der Waals surface area contributed by atoms with E-state index in [0.717, 1.165) is 11.8 Å². The molecule has 1 aliphatic rings. The van der Waals surface area contributed by atoms with Gasteiger partial charge in [0.25, 0.3) is 5.91 Å². The first-order valence-corrected chi connectivity index (χ1v) is 11.0. The fourth-order valence-corrected chi connectivity index (χ4v) is 4.32. The lowest BCUT2D eigenvalue weighted by Gasteiger charge is -2.29. The van der Waals surface area contributed by atoms with E-state index in [-0.39, 0.29) is 22.5 Å². The number of thiazole rings is 1. The van der Waals surface area contributed by atoms with Crippen LogP contribution in [0.25, 0.3) is 22.4 Å². The van der Waals surface area contributed by atoms with Gasteiger partial charge in [-0.15, -0.1) is 11.3 Å². The molecule has 170 valence electrons. The molecule has 2 N–H and O–H groups in total. The molecule has 33 heavy (non-hydrogen) atoms. The van der Waals surface area contributed by atoms with Crippen molar-refractivity contribution in [3.63, 3.8) is 0 Å². The van der Waals surface area contributed by atoms with E-state index >= 15 is 0 Å². The summed E-state index contributed by atoms with van der Waals surface area (Å²) in [5.74, 6) is -0.396. The van der Waals surface area contributed by atoms with Gasteiger partial charge in [0.1, 0.15) is 11.3 Å². The van der Waals surface area contributed by atoms with E-state index in [4.69, 9.17) is 4.74 Å². The number of alkyl halides is 3. The number of fused-ring (bicyclic) bond motifs is 1. The molecule has 0 atom stereocenters. The van der Waals surface area contributed by atoms with Gasteiger partial charge in [0, 0.05) is 35.9 Å². The standard InChI is InChI=1S/C22H18F3N5O2S/c23-22(24,25)16-4-2-1-3-14(16)19-27-17-12-13(30-6-8-32-9-7-30)11-15(18(17)28-19)20(31)29-21-26-5-10-33-21/h1-5,10-12H,6-9H2,(H,27,28)(H,26,29,31). The number of nitrogens with one attached hydrogen (secondary N) is 2. The Hall–Kier alpha value is -3.44. The van der Waals surface area contributed by atoms with Gasteiger partial charge in [0.15, 0.2) is 5.13 Å². The number of morpholine rings is 1. The highest BCUT2D eigenvalue weighted by Gasteiger charge is 2.34. The van der Waals surface area contributed by atoms with Crippen LogP contribution in [-0.4, -0.2) is 47.2 Å². The fourth-order valence-electron chi connectivity index (χ4n) is 3.79. The Bertz CT molecular complexity index is 1300. The Morgan fingerprint density at radius 3 is 2.70 bits per heavy atom. The Morgan fingerprint density at radius 1 is 1.18 bits per heavy atom. The second kappa shape index (κ2) is 8.49. The lowest BCUT2D eigenvalue weighted by Crippen LogP contribution is -2.36. The van der Waals surface area contributed by atoms with E-state index in [0.29, 0.717) is 37.0 Å². The van der Waals surface area contributed by atoms with Gasteiger partial charge in [-0.3, -0.25) is 10.1 Å². The summed E-state index contributed by atoms with van der Waals surface area (Å²) in [5, 5.41) is 4.89. The average molecular weight is 473 g/mol. The van der Waals surface area contributed by atoms with Crippen LogP contribution in [0.1, 0.15) is 15.9 Å². The van der Waals surface area contributed by atoms with Crippen molar-refractivity contribution in [1.29, 1.82) is 0 Å². The number of imidazole rings is 1. The van der Waals surface area contributed by atoms with Gasteiger partial charge in [0.05, 0.1) is 29.9 Å². The lowest BCUT2D eigenvalue weighted by molar-refractivity contribution is -0.137. The highest BCUT2D eigenvalue weighted by atomic mass is 32.1. The number of aromatic amines is 1. The lowest BCUT2D eigenvalue weighted by atomic mass is 10.1. The third kappa shape index (κ3) is 4.29. The predicted octanol–water partition coefficient (Wildman–Crippen LogP) is 4.79. The van der Waals surface area contributed by atoms with E-state index in [1.165, 1.54) is 29.5 Å². The molecule has 3 heterocycles. The number of aromatic nitrogens is 3. The first-order chi connectivity index (χ1) is 15.9. The van der Waals surface area contributed by atoms with Crippen LogP contribution in [-0.2, 0) is 10.9 Å². The first kappa shape index (κ1) is 21.4. The normalized spacial score (nSPS) is 14.6. The maximum absolute atomic E-state index is 13.6. The summed E-state index contributed by atoms with van der Waals surface area (Å²) in [6.07, 6.45) is -2.97. The molecule has 0 unspecified atom stereocenters. The number of ether oxygens (including phenoxy) is 1. The molecule has 0 bridgehead atoms. The van der Waals surface area contributed by atoms with E-state index in [2.05, 4.69) is 25.2 Å². The maximum Gasteiger partial charge on any atom is 0.417 e. The zero-order chi connectivity index (χ0) is 23.0. The van der Waals surface area contributed by atoms with Crippen molar-refractivity contribution in [2.45, 2.75) is 6.18 Å². The highest BCUT2D eigenvalue weighted by molar-refractivity contribution is 7.13. The minimum Gasteiger partial charge on any atom is -0.378 e. The van der Waals surface area contributed by atoms with E-state index in [1.54, 1.807) is 23.7 Å². The number of hydrogen-bond acceptors (Lipinski definition) is 6. The van der Waals surface area contributed by atoms with Crippen LogP contribution in [0.5, 0.6) is 0 Å². The van der Waals surface area contributed by atoms with Crippen LogP contribution in [0.4, 0.5) is 24.0 Å². The van der Waals surface area contributed by atoms with E-state index < -0.39 is 17.6 Å². The third-order valence-corrected chi connectivity index (χ3v) is 6.02.